The Morgan fingerprint density at radius 1 is 1.03 bits per heavy atom. The van der Waals surface area contributed by atoms with Gasteiger partial charge in [0.25, 0.3) is 0 Å². The van der Waals surface area contributed by atoms with Gasteiger partial charge in [0.05, 0.1) is 0 Å². The van der Waals surface area contributed by atoms with Crippen LogP contribution in [0.4, 0.5) is 15.6 Å². The van der Waals surface area contributed by atoms with Gasteiger partial charge in [-0.1, -0.05) is 81.7 Å². The number of amides is 3. The molecule has 2 atom stereocenters. The van der Waals surface area contributed by atoms with E-state index in [9.17, 15) is 9.59 Å². The molecule has 1 heterocycles. The number of carbonyl (C=O) groups excluding carboxylic acids is 2. The van der Waals surface area contributed by atoms with Gasteiger partial charge in [0.1, 0.15) is 11.0 Å². The molecule has 3 rings (SSSR count). The van der Waals surface area contributed by atoms with E-state index in [1.807, 2.05) is 50.2 Å². The van der Waals surface area contributed by atoms with Crippen LogP contribution in [0.5, 0.6) is 0 Å². The highest BCUT2D eigenvalue weighted by atomic mass is 79.9. The van der Waals surface area contributed by atoms with E-state index in [0.29, 0.717) is 15.8 Å². The van der Waals surface area contributed by atoms with Gasteiger partial charge in [-0.2, -0.15) is 0 Å². The Hall–Kier alpha value is -2.30. The van der Waals surface area contributed by atoms with Gasteiger partial charge in [-0.15, -0.1) is 10.2 Å². The predicted octanol–water partition coefficient (Wildman–Crippen LogP) is 5.91. The molecule has 0 unspecified atom stereocenters. The van der Waals surface area contributed by atoms with Crippen molar-refractivity contribution in [3.63, 3.8) is 0 Å². The van der Waals surface area contributed by atoms with Crippen molar-refractivity contribution in [1.29, 1.82) is 0 Å². The maximum atomic E-state index is 12.9. The van der Waals surface area contributed by atoms with Crippen LogP contribution < -0.4 is 16.0 Å². The molecule has 0 aliphatic carbocycles. The third kappa shape index (κ3) is 6.59. The van der Waals surface area contributed by atoms with Crippen LogP contribution >= 0.6 is 43.2 Å². The minimum absolute atomic E-state index is 0.0767. The molecule has 3 aromatic rings. The second-order valence-electron chi connectivity index (χ2n) is 6.88. The van der Waals surface area contributed by atoms with Gasteiger partial charge in [0.15, 0.2) is 0 Å². The van der Waals surface area contributed by atoms with E-state index >= 15 is 0 Å². The fourth-order valence-corrected chi connectivity index (χ4v) is 4.16. The third-order valence-corrected chi connectivity index (χ3v) is 6.52. The first kappa shape index (κ1) is 23.4. The van der Waals surface area contributed by atoms with Crippen LogP contribution in [-0.4, -0.2) is 28.2 Å². The molecule has 0 radical (unpaired) electrons. The van der Waals surface area contributed by atoms with E-state index in [-0.39, 0.29) is 11.8 Å². The Balaban J connectivity index is 1.67. The van der Waals surface area contributed by atoms with E-state index in [1.54, 1.807) is 12.1 Å². The summed E-state index contributed by atoms with van der Waals surface area (Å²) in [4.78, 5) is 25.4. The predicted molar refractivity (Wildman–Crippen MR) is 131 cm³/mol. The van der Waals surface area contributed by atoms with Gasteiger partial charge < -0.3 is 10.6 Å². The third-order valence-electron chi connectivity index (χ3n) is 4.61. The minimum Gasteiger partial charge on any atom is -0.326 e. The SMILES string of the molecule is CC[C@@H](C)[C@@H](NC(=O)Nc1cccc(Br)c1)C(=O)Nc1nnc(-c2ccc(Br)cc2)s1. The quantitative estimate of drug-likeness (QED) is 0.331. The zero-order valence-electron chi connectivity index (χ0n) is 16.9. The highest BCUT2D eigenvalue weighted by Gasteiger charge is 2.27. The molecule has 0 bridgehead atoms. The Kier molecular flexibility index (Phi) is 8.16. The maximum Gasteiger partial charge on any atom is 0.319 e. The summed E-state index contributed by atoms with van der Waals surface area (Å²) in [5.74, 6) is -0.413. The number of hydrogen-bond donors (Lipinski definition) is 3. The molecule has 0 aliphatic rings. The molecule has 162 valence electrons. The summed E-state index contributed by atoms with van der Waals surface area (Å²) in [7, 11) is 0. The Labute approximate surface area is 201 Å². The molecule has 0 spiro atoms. The summed E-state index contributed by atoms with van der Waals surface area (Å²) in [5, 5.41) is 17.6. The van der Waals surface area contributed by atoms with Crippen molar-refractivity contribution in [2.24, 2.45) is 5.92 Å². The fourth-order valence-electron chi connectivity index (χ4n) is 2.74. The summed E-state index contributed by atoms with van der Waals surface area (Å²) in [6.07, 6.45) is 0.718. The molecule has 0 saturated heterocycles. The van der Waals surface area contributed by atoms with Gasteiger partial charge in [-0.05, 0) is 36.2 Å². The van der Waals surface area contributed by atoms with Gasteiger partial charge >= 0.3 is 6.03 Å². The number of aromatic nitrogens is 2. The number of nitrogens with one attached hydrogen (secondary N) is 3. The first-order chi connectivity index (χ1) is 14.9. The lowest BCUT2D eigenvalue weighted by Crippen LogP contribution is -2.49. The van der Waals surface area contributed by atoms with Crippen molar-refractivity contribution >= 4 is 66.0 Å². The Morgan fingerprint density at radius 2 is 1.77 bits per heavy atom. The molecular formula is C21H21Br2N5O2S. The number of carbonyl (C=O) groups is 2. The maximum absolute atomic E-state index is 12.9. The van der Waals surface area contributed by atoms with Crippen molar-refractivity contribution in [1.82, 2.24) is 15.5 Å². The number of anilines is 2. The van der Waals surface area contributed by atoms with Crippen molar-refractivity contribution in [3.8, 4) is 10.6 Å². The van der Waals surface area contributed by atoms with E-state index < -0.39 is 12.1 Å². The first-order valence-corrected chi connectivity index (χ1v) is 12.0. The number of urea groups is 1. The second-order valence-corrected chi connectivity index (χ2v) is 9.69. The molecule has 0 fully saturated rings. The number of benzene rings is 2. The number of nitrogens with zero attached hydrogens (tertiary/aromatic N) is 2. The monoisotopic (exact) mass is 565 g/mol. The van der Waals surface area contributed by atoms with Crippen LogP contribution in [0.15, 0.2) is 57.5 Å². The number of halogens is 2. The van der Waals surface area contributed by atoms with Crippen LogP contribution in [0.1, 0.15) is 20.3 Å². The van der Waals surface area contributed by atoms with Gasteiger partial charge in [-0.3, -0.25) is 10.1 Å². The highest BCUT2D eigenvalue weighted by Crippen LogP contribution is 2.27. The topological polar surface area (TPSA) is 96.0 Å². The minimum atomic E-state index is -0.725. The molecule has 3 amide bonds. The lowest BCUT2D eigenvalue weighted by atomic mass is 9.98. The lowest BCUT2D eigenvalue weighted by Gasteiger charge is -2.23. The van der Waals surface area contributed by atoms with E-state index in [4.69, 9.17) is 0 Å². The smallest absolute Gasteiger partial charge is 0.319 e. The molecule has 0 aliphatic heterocycles. The fraction of sp³-hybridized carbons (Fsp3) is 0.238. The zero-order valence-corrected chi connectivity index (χ0v) is 20.8. The van der Waals surface area contributed by atoms with Crippen LogP contribution in [0.2, 0.25) is 0 Å². The Bertz CT molecular complexity index is 1060. The average Bonchev–Trinajstić information content (AvgIpc) is 3.20. The summed E-state index contributed by atoms with van der Waals surface area (Å²) >= 11 is 8.05. The number of rotatable bonds is 7. The highest BCUT2D eigenvalue weighted by molar-refractivity contribution is 9.10. The van der Waals surface area contributed by atoms with Gasteiger partial charge in [0.2, 0.25) is 11.0 Å². The normalized spacial score (nSPS) is 12.6. The first-order valence-electron chi connectivity index (χ1n) is 9.59. The van der Waals surface area contributed by atoms with Crippen LogP contribution in [-0.2, 0) is 4.79 Å². The summed E-state index contributed by atoms with van der Waals surface area (Å²) in [6, 6.07) is 13.7. The second kappa shape index (κ2) is 10.8. The molecule has 3 N–H and O–H groups in total. The summed E-state index contributed by atoms with van der Waals surface area (Å²) in [6.45, 7) is 3.88. The molecule has 0 saturated carbocycles. The summed E-state index contributed by atoms with van der Waals surface area (Å²) < 4.78 is 1.82. The van der Waals surface area contributed by atoms with Gasteiger partial charge in [0, 0.05) is 20.2 Å². The zero-order chi connectivity index (χ0) is 22.4. The largest absolute Gasteiger partial charge is 0.326 e. The molecule has 7 nitrogen and oxygen atoms in total. The van der Waals surface area contributed by atoms with E-state index in [0.717, 1.165) is 20.9 Å². The van der Waals surface area contributed by atoms with Gasteiger partial charge in [-0.25, -0.2) is 4.79 Å². The van der Waals surface area contributed by atoms with Crippen molar-refractivity contribution in [3.05, 3.63) is 57.5 Å². The van der Waals surface area contributed by atoms with Crippen LogP contribution in [0.25, 0.3) is 10.6 Å². The molecule has 31 heavy (non-hydrogen) atoms. The molecule has 2 aromatic carbocycles. The van der Waals surface area contributed by atoms with Crippen molar-refractivity contribution in [2.45, 2.75) is 26.3 Å². The van der Waals surface area contributed by atoms with Crippen molar-refractivity contribution < 1.29 is 9.59 Å². The molecule has 10 heteroatoms. The van der Waals surface area contributed by atoms with E-state index in [2.05, 4.69) is 58.0 Å². The van der Waals surface area contributed by atoms with E-state index in [1.165, 1.54) is 11.3 Å². The standard InChI is InChI=1S/C21H21Br2N5O2S/c1-3-12(2)17(25-20(30)24-16-6-4-5-15(23)11-16)18(29)26-21-28-27-19(31-21)13-7-9-14(22)10-8-13/h4-12,17H,3H2,1-2H3,(H2,24,25,30)(H,26,28,29)/t12-,17-/m1/s1. The number of hydrogen-bond acceptors (Lipinski definition) is 5. The van der Waals surface area contributed by atoms with Crippen LogP contribution in [0, 0.1) is 5.92 Å². The molecular weight excluding hydrogens is 546 g/mol. The van der Waals surface area contributed by atoms with Crippen molar-refractivity contribution in [2.75, 3.05) is 10.6 Å². The lowest BCUT2D eigenvalue weighted by molar-refractivity contribution is -0.119. The average molecular weight is 567 g/mol. The summed E-state index contributed by atoms with van der Waals surface area (Å²) in [5.41, 5.74) is 1.53. The molecule has 1 aromatic heterocycles. The van der Waals surface area contributed by atoms with Crippen LogP contribution in [0.3, 0.4) is 0 Å². The Morgan fingerprint density at radius 3 is 2.45 bits per heavy atom.